The van der Waals surface area contributed by atoms with E-state index in [1.807, 2.05) is 0 Å². The molecule has 2 aromatic rings. The van der Waals surface area contributed by atoms with E-state index in [-0.39, 0.29) is 17.7 Å². The van der Waals surface area contributed by atoms with Crippen molar-refractivity contribution >= 4 is 40.8 Å². The largest absolute Gasteiger partial charge is 0.481 e. The predicted molar refractivity (Wildman–Crippen MR) is 74.5 cm³/mol. The van der Waals surface area contributed by atoms with Crippen LogP contribution in [0.4, 0.5) is 5.95 Å². The first-order valence-electron chi connectivity index (χ1n) is 5.00. The number of ether oxygens (including phenoxy) is 2. The number of benzene rings is 1. The fourth-order valence-electron chi connectivity index (χ4n) is 1.27. The minimum atomic E-state index is 0.0190. The summed E-state index contributed by atoms with van der Waals surface area (Å²) in [5.74, 6) is 0.782. The standard InChI is InChI=1S/C11H8Cl3N3O2/c1-18-9-4-10(17-11(15)16-9)19-8-3-6(13)5(12)2-7(8)14/h2-4H,1H3,(H2,15,16,17). The summed E-state index contributed by atoms with van der Waals surface area (Å²) >= 11 is 17.7. The molecule has 5 nitrogen and oxygen atoms in total. The van der Waals surface area contributed by atoms with Crippen LogP contribution >= 0.6 is 34.8 Å². The van der Waals surface area contributed by atoms with Crippen LogP contribution in [0.2, 0.25) is 15.1 Å². The van der Waals surface area contributed by atoms with Gasteiger partial charge in [-0.1, -0.05) is 34.8 Å². The van der Waals surface area contributed by atoms with Crippen molar-refractivity contribution in [3.05, 3.63) is 33.3 Å². The Balaban J connectivity index is 2.36. The van der Waals surface area contributed by atoms with Crippen molar-refractivity contribution < 1.29 is 9.47 Å². The van der Waals surface area contributed by atoms with E-state index in [1.54, 1.807) is 0 Å². The maximum absolute atomic E-state index is 5.99. The number of nitrogens with zero attached hydrogens (tertiary/aromatic N) is 2. The number of anilines is 1. The summed E-state index contributed by atoms with van der Waals surface area (Å²) in [7, 11) is 1.46. The van der Waals surface area contributed by atoms with E-state index in [0.29, 0.717) is 20.8 Å². The summed E-state index contributed by atoms with van der Waals surface area (Å²) in [5, 5.41) is 0.944. The van der Waals surface area contributed by atoms with Crippen LogP contribution in [0, 0.1) is 0 Å². The Labute approximate surface area is 124 Å². The highest BCUT2D eigenvalue weighted by Crippen LogP contribution is 2.36. The van der Waals surface area contributed by atoms with Crippen LogP contribution in [0.25, 0.3) is 0 Å². The minimum absolute atomic E-state index is 0.0190. The Morgan fingerprint density at radius 3 is 2.26 bits per heavy atom. The van der Waals surface area contributed by atoms with E-state index < -0.39 is 0 Å². The molecule has 0 atom stereocenters. The average Bonchev–Trinajstić information content (AvgIpc) is 2.35. The number of nitrogens with two attached hydrogens (primary N) is 1. The number of nitrogen functional groups attached to an aromatic ring is 1. The van der Waals surface area contributed by atoms with Crippen molar-refractivity contribution in [3.63, 3.8) is 0 Å². The molecule has 1 aromatic heterocycles. The first kappa shape index (κ1) is 14.0. The number of hydrogen-bond acceptors (Lipinski definition) is 5. The van der Waals surface area contributed by atoms with E-state index in [4.69, 9.17) is 50.0 Å². The second-order valence-corrected chi connectivity index (χ2v) is 4.63. The molecule has 0 amide bonds. The summed E-state index contributed by atoms with van der Waals surface area (Å²) in [6.07, 6.45) is 0. The van der Waals surface area contributed by atoms with Crippen molar-refractivity contribution in [2.45, 2.75) is 0 Å². The predicted octanol–water partition coefficient (Wildman–Crippen LogP) is 3.82. The second kappa shape index (κ2) is 5.69. The zero-order valence-corrected chi connectivity index (χ0v) is 11.9. The summed E-state index contributed by atoms with van der Waals surface area (Å²) in [6, 6.07) is 4.43. The highest BCUT2D eigenvalue weighted by Gasteiger charge is 2.10. The van der Waals surface area contributed by atoms with Gasteiger partial charge < -0.3 is 15.2 Å². The molecule has 0 fully saturated rings. The lowest BCUT2D eigenvalue weighted by Gasteiger charge is -2.09. The molecule has 0 saturated carbocycles. The Kier molecular flexibility index (Phi) is 4.19. The summed E-state index contributed by atoms with van der Waals surface area (Å²) in [5.41, 5.74) is 5.52. The molecule has 2 rings (SSSR count). The first-order valence-corrected chi connectivity index (χ1v) is 6.14. The van der Waals surface area contributed by atoms with Gasteiger partial charge in [-0.15, -0.1) is 0 Å². The van der Waals surface area contributed by atoms with Crippen LogP contribution in [0.5, 0.6) is 17.5 Å². The molecule has 0 aliphatic heterocycles. The smallest absolute Gasteiger partial charge is 0.227 e. The van der Waals surface area contributed by atoms with Gasteiger partial charge in [-0.25, -0.2) is 0 Å². The molecule has 0 aliphatic carbocycles. The van der Waals surface area contributed by atoms with Gasteiger partial charge in [0, 0.05) is 6.07 Å². The van der Waals surface area contributed by atoms with E-state index in [9.17, 15) is 0 Å². The molecule has 1 heterocycles. The van der Waals surface area contributed by atoms with E-state index in [2.05, 4.69) is 9.97 Å². The number of halogens is 3. The van der Waals surface area contributed by atoms with E-state index >= 15 is 0 Å². The third-order valence-electron chi connectivity index (χ3n) is 2.09. The first-order chi connectivity index (χ1) is 8.99. The fraction of sp³-hybridized carbons (Fsp3) is 0.0909. The van der Waals surface area contributed by atoms with Gasteiger partial charge in [0.15, 0.2) is 0 Å². The molecular formula is C11H8Cl3N3O2. The van der Waals surface area contributed by atoms with Gasteiger partial charge in [-0.3, -0.25) is 0 Å². The molecule has 0 spiro atoms. The Bertz CT molecular complexity index is 622. The zero-order chi connectivity index (χ0) is 14.0. The Hall–Kier alpha value is -1.43. The molecule has 0 bridgehead atoms. The van der Waals surface area contributed by atoms with Gasteiger partial charge in [-0.2, -0.15) is 9.97 Å². The van der Waals surface area contributed by atoms with Gasteiger partial charge in [0.25, 0.3) is 0 Å². The van der Waals surface area contributed by atoms with Gasteiger partial charge in [0.05, 0.1) is 28.2 Å². The van der Waals surface area contributed by atoms with Crippen LogP contribution in [-0.2, 0) is 0 Å². The van der Waals surface area contributed by atoms with Crippen LogP contribution < -0.4 is 15.2 Å². The normalized spacial score (nSPS) is 10.3. The van der Waals surface area contributed by atoms with Crippen LogP contribution in [-0.4, -0.2) is 17.1 Å². The van der Waals surface area contributed by atoms with Gasteiger partial charge >= 0.3 is 0 Å². The molecule has 0 aliphatic rings. The highest BCUT2D eigenvalue weighted by atomic mass is 35.5. The maximum Gasteiger partial charge on any atom is 0.227 e. The SMILES string of the molecule is COc1cc(Oc2cc(Cl)c(Cl)cc2Cl)nc(N)n1. The van der Waals surface area contributed by atoms with E-state index in [0.717, 1.165) is 0 Å². The molecule has 0 radical (unpaired) electrons. The number of methoxy groups -OCH3 is 1. The van der Waals surface area contributed by atoms with Gasteiger partial charge in [0.2, 0.25) is 17.7 Å². The van der Waals surface area contributed by atoms with Crippen molar-refractivity contribution in [1.82, 2.24) is 9.97 Å². The summed E-state index contributed by atoms with van der Waals surface area (Å²) < 4.78 is 10.4. The lowest BCUT2D eigenvalue weighted by Crippen LogP contribution is -1.99. The lowest BCUT2D eigenvalue weighted by molar-refractivity contribution is 0.389. The summed E-state index contributed by atoms with van der Waals surface area (Å²) in [4.78, 5) is 7.73. The highest BCUT2D eigenvalue weighted by molar-refractivity contribution is 6.43. The van der Waals surface area contributed by atoms with Crippen molar-refractivity contribution in [2.24, 2.45) is 0 Å². The third kappa shape index (κ3) is 3.32. The lowest BCUT2D eigenvalue weighted by atomic mass is 10.3. The van der Waals surface area contributed by atoms with Gasteiger partial charge in [0.1, 0.15) is 5.75 Å². The monoisotopic (exact) mass is 319 g/mol. The number of aromatic nitrogens is 2. The van der Waals surface area contributed by atoms with Crippen LogP contribution in [0.1, 0.15) is 0 Å². The third-order valence-corrected chi connectivity index (χ3v) is 3.11. The molecule has 0 saturated heterocycles. The molecule has 19 heavy (non-hydrogen) atoms. The minimum Gasteiger partial charge on any atom is -0.481 e. The van der Waals surface area contributed by atoms with Crippen molar-refractivity contribution in [2.75, 3.05) is 12.8 Å². The molecule has 0 unspecified atom stereocenters. The fourth-order valence-corrected chi connectivity index (χ4v) is 1.85. The summed E-state index contributed by atoms with van der Waals surface area (Å²) in [6.45, 7) is 0. The maximum atomic E-state index is 5.99. The van der Waals surface area contributed by atoms with Crippen molar-refractivity contribution in [1.29, 1.82) is 0 Å². The van der Waals surface area contributed by atoms with Crippen LogP contribution in [0.3, 0.4) is 0 Å². The Morgan fingerprint density at radius 2 is 1.58 bits per heavy atom. The Morgan fingerprint density at radius 1 is 0.947 bits per heavy atom. The van der Waals surface area contributed by atoms with Gasteiger partial charge in [-0.05, 0) is 6.07 Å². The van der Waals surface area contributed by atoms with Crippen LogP contribution in [0.15, 0.2) is 18.2 Å². The molecule has 1 aromatic carbocycles. The molecule has 2 N–H and O–H groups in total. The quantitative estimate of drug-likeness (QED) is 0.871. The second-order valence-electron chi connectivity index (χ2n) is 3.41. The average molecular weight is 321 g/mol. The van der Waals surface area contributed by atoms with Crippen molar-refractivity contribution in [3.8, 4) is 17.5 Å². The number of hydrogen-bond donors (Lipinski definition) is 1. The zero-order valence-electron chi connectivity index (χ0n) is 9.65. The number of rotatable bonds is 3. The van der Waals surface area contributed by atoms with E-state index in [1.165, 1.54) is 25.3 Å². The molecule has 8 heteroatoms. The topological polar surface area (TPSA) is 70.3 Å². The molecule has 100 valence electrons. The molecular weight excluding hydrogens is 312 g/mol.